The van der Waals surface area contributed by atoms with Crippen molar-refractivity contribution in [2.24, 2.45) is 0 Å². The highest BCUT2D eigenvalue weighted by molar-refractivity contribution is 6.21. The average molecular weight is 166 g/mol. The predicted molar refractivity (Wildman–Crippen MR) is 38.8 cm³/mol. The molecular weight excluding hydrogens is 154 g/mol. The maximum absolute atomic E-state index is 9.61. The number of rotatable bonds is 1. The van der Waals surface area contributed by atoms with Crippen LogP contribution < -0.4 is 0 Å². The summed E-state index contributed by atoms with van der Waals surface area (Å²) in [5.74, 6) is -1.25. The van der Waals surface area contributed by atoms with Crippen molar-refractivity contribution < 1.29 is 9.84 Å². The Morgan fingerprint density at radius 2 is 2.40 bits per heavy atom. The molecular formula is C6H12ClNO2. The predicted octanol–water partition coefficient (Wildman–Crippen LogP) is 0.222. The number of aliphatic hydroxyl groups is 1. The maximum atomic E-state index is 9.61. The van der Waals surface area contributed by atoms with E-state index in [1.807, 2.05) is 0 Å². The molecule has 3 nitrogen and oxygen atoms in total. The molecule has 1 aliphatic heterocycles. The van der Waals surface area contributed by atoms with E-state index in [2.05, 4.69) is 0 Å². The van der Waals surface area contributed by atoms with Crippen molar-refractivity contribution in [2.45, 2.75) is 18.2 Å². The largest absolute Gasteiger partial charge is 0.352 e. The lowest BCUT2D eigenvalue weighted by Gasteiger charge is -2.30. The molecule has 0 amide bonds. The van der Waals surface area contributed by atoms with Gasteiger partial charge in [0.15, 0.2) is 0 Å². The Morgan fingerprint density at radius 1 is 1.80 bits per heavy atom. The molecule has 2 atom stereocenters. The third kappa shape index (κ3) is 1.14. The molecule has 0 saturated carbocycles. The molecule has 1 rings (SSSR count). The normalized spacial score (nSPS) is 38.4. The summed E-state index contributed by atoms with van der Waals surface area (Å²) in [7, 11) is 1.78. The summed E-state index contributed by atoms with van der Waals surface area (Å²) in [6, 6.07) is 0. The molecule has 0 spiro atoms. The van der Waals surface area contributed by atoms with E-state index in [-0.39, 0.29) is 0 Å². The standard InChI is InChI=1S/C6H12ClNO2/c1-5(7)6(9)8(2)3-4-10-6/h5,9H,3-4H2,1-2H3/t5?,6-/m1/s1. The Balaban J connectivity index is 2.66. The molecule has 10 heavy (non-hydrogen) atoms. The first-order chi connectivity index (χ1) is 4.57. The van der Waals surface area contributed by atoms with E-state index in [4.69, 9.17) is 16.3 Å². The zero-order valence-electron chi connectivity index (χ0n) is 6.17. The van der Waals surface area contributed by atoms with Crippen LogP contribution in [-0.4, -0.2) is 41.5 Å². The number of ether oxygens (including phenoxy) is 1. The van der Waals surface area contributed by atoms with E-state index < -0.39 is 11.3 Å². The third-order valence-electron chi connectivity index (χ3n) is 1.81. The van der Waals surface area contributed by atoms with Gasteiger partial charge in [-0.25, -0.2) is 0 Å². The van der Waals surface area contributed by atoms with Crippen LogP contribution in [0.25, 0.3) is 0 Å². The number of alkyl halides is 1. The van der Waals surface area contributed by atoms with Crippen LogP contribution in [-0.2, 0) is 4.74 Å². The van der Waals surface area contributed by atoms with Crippen LogP contribution >= 0.6 is 11.6 Å². The van der Waals surface area contributed by atoms with E-state index in [0.717, 1.165) is 6.54 Å². The van der Waals surface area contributed by atoms with Gasteiger partial charge >= 0.3 is 0 Å². The van der Waals surface area contributed by atoms with Crippen LogP contribution in [0.4, 0.5) is 0 Å². The van der Waals surface area contributed by atoms with Gasteiger partial charge < -0.3 is 9.84 Å². The summed E-state index contributed by atoms with van der Waals surface area (Å²) in [4.78, 5) is 1.70. The minimum Gasteiger partial charge on any atom is -0.352 e. The van der Waals surface area contributed by atoms with Gasteiger partial charge in [-0.3, -0.25) is 4.90 Å². The minimum atomic E-state index is -1.25. The van der Waals surface area contributed by atoms with Gasteiger partial charge in [-0.05, 0) is 14.0 Å². The molecule has 0 aromatic rings. The summed E-state index contributed by atoms with van der Waals surface area (Å²) in [6.07, 6.45) is 0. The summed E-state index contributed by atoms with van der Waals surface area (Å²) >= 11 is 5.70. The van der Waals surface area contributed by atoms with Crippen LogP contribution in [0.5, 0.6) is 0 Å². The van der Waals surface area contributed by atoms with Gasteiger partial charge in [0.25, 0.3) is 0 Å². The molecule has 60 valence electrons. The van der Waals surface area contributed by atoms with E-state index in [9.17, 15) is 5.11 Å². The number of likely N-dealkylation sites (N-methyl/N-ethyl adjacent to an activating group) is 1. The first-order valence-electron chi connectivity index (χ1n) is 3.29. The second kappa shape index (κ2) is 2.66. The Hall–Kier alpha value is 0.170. The molecule has 1 fully saturated rings. The van der Waals surface area contributed by atoms with Crippen LogP contribution in [0.3, 0.4) is 0 Å². The van der Waals surface area contributed by atoms with Gasteiger partial charge in [0.1, 0.15) is 0 Å². The molecule has 0 aromatic heterocycles. The van der Waals surface area contributed by atoms with Gasteiger partial charge in [0.2, 0.25) is 5.91 Å². The van der Waals surface area contributed by atoms with E-state index in [0.29, 0.717) is 6.61 Å². The smallest absolute Gasteiger partial charge is 0.244 e. The lowest BCUT2D eigenvalue weighted by Crippen LogP contribution is -2.48. The van der Waals surface area contributed by atoms with Gasteiger partial charge in [0, 0.05) is 6.54 Å². The molecule has 1 N–H and O–H groups in total. The quantitative estimate of drug-likeness (QED) is 0.565. The molecule has 0 radical (unpaired) electrons. The monoisotopic (exact) mass is 165 g/mol. The molecule has 4 heteroatoms. The second-order valence-electron chi connectivity index (χ2n) is 2.54. The van der Waals surface area contributed by atoms with Crippen LogP contribution in [0, 0.1) is 0 Å². The number of hydrogen-bond acceptors (Lipinski definition) is 3. The molecule has 0 aromatic carbocycles. The zero-order chi connectivity index (χ0) is 7.78. The second-order valence-corrected chi connectivity index (χ2v) is 3.20. The maximum Gasteiger partial charge on any atom is 0.244 e. The van der Waals surface area contributed by atoms with Crippen LogP contribution in [0.15, 0.2) is 0 Å². The van der Waals surface area contributed by atoms with E-state index >= 15 is 0 Å². The van der Waals surface area contributed by atoms with Gasteiger partial charge in [-0.15, -0.1) is 11.6 Å². The van der Waals surface area contributed by atoms with Crippen molar-refractivity contribution in [3.8, 4) is 0 Å². The van der Waals surface area contributed by atoms with Crippen molar-refractivity contribution in [1.82, 2.24) is 4.90 Å². The van der Waals surface area contributed by atoms with Gasteiger partial charge in [0.05, 0.1) is 12.0 Å². The molecule has 1 aliphatic rings. The van der Waals surface area contributed by atoms with Gasteiger partial charge in [-0.2, -0.15) is 0 Å². The third-order valence-corrected chi connectivity index (χ3v) is 2.09. The highest BCUT2D eigenvalue weighted by Crippen LogP contribution is 2.25. The van der Waals surface area contributed by atoms with Crippen LogP contribution in [0.1, 0.15) is 6.92 Å². The molecule has 1 unspecified atom stereocenters. The Kier molecular flexibility index (Phi) is 2.20. The SMILES string of the molecule is CC(Cl)[C@@]1(O)OCCN1C. The molecule has 0 aliphatic carbocycles. The molecule has 1 saturated heterocycles. The Labute approximate surface area is 65.5 Å². The van der Waals surface area contributed by atoms with Crippen molar-refractivity contribution >= 4 is 11.6 Å². The first-order valence-corrected chi connectivity index (χ1v) is 3.72. The summed E-state index contributed by atoms with van der Waals surface area (Å²) in [5.41, 5.74) is 0. The fourth-order valence-electron chi connectivity index (χ4n) is 1.02. The Morgan fingerprint density at radius 3 is 2.60 bits per heavy atom. The van der Waals surface area contributed by atoms with Crippen molar-refractivity contribution in [3.63, 3.8) is 0 Å². The summed E-state index contributed by atoms with van der Waals surface area (Å²) in [6.45, 7) is 2.99. The molecule has 1 heterocycles. The fraction of sp³-hybridized carbons (Fsp3) is 1.00. The summed E-state index contributed by atoms with van der Waals surface area (Å²) < 4.78 is 5.06. The topological polar surface area (TPSA) is 32.7 Å². The van der Waals surface area contributed by atoms with E-state index in [1.54, 1.807) is 18.9 Å². The average Bonchev–Trinajstić information content (AvgIpc) is 2.15. The zero-order valence-corrected chi connectivity index (χ0v) is 6.93. The highest BCUT2D eigenvalue weighted by atomic mass is 35.5. The number of halogens is 1. The van der Waals surface area contributed by atoms with Crippen molar-refractivity contribution in [2.75, 3.05) is 20.2 Å². The summed E-state index contributed by atoms with van der Waals surface area (Å²) in [5, 5.41) is 9.21. The van der Waals surface area contributed by atoms with Gasteiger partial charge in [-0.1, -0.05) is 0 Å². The van der Waals surface area contributed by atoms with Crippen molar-refractivity contribution in [1.29, 1.82) is 0 Å². The number of nitrogens with zero attached hydrogens (tertiary/aromatic N) is 1. The minimum absolute atomic E-state index is 0.403. The number of hydrogen-bond donors (Lipinski definition) is 1. The fourth-order valence-corrected chi connectivity index (χ4v) is 1.25. The van der Waals surface area contributed by atoms with Crippen molar-refractivity contribution in [3.05, 3.63) is 0 Å². The van der Waals surface area contributed by atoms with E-state index in [1.165, 1.54) is 0 Å². The Bertz CT molecular complexity index is 131. The molecule has 0 bridgehead atoms. The lowest BCUT2D eigenvalue weighted by atomic mass is 10.3. The highest BCUT2D eigenvalue weighted by Gasteiger charge is 2.42. The van der Waals surface area contributed by atoms with Crippen LogP contribution in [0.2, 0.25) is 0 Å². The first kappa shape index (κ1) is 8.27. The lowest BCUT2D eigenvalue weighted by molar-refractivity contribution is -0.236.